The topological polar surface area (TPSA) is 55.1 Å². The molecule has 0 aliphatic carbocycles. The lowest BCUT2D eigenvalue weighted by Gasteiger charge is -2.24. The number of carbonyl (C=O) groups excluding carboxylic acids is 1. The summed E-state index contributed by atoms with van der Waals surface area (Å²) >= 11 is 1.72. The van der Waals surface area contributed by atoms with Crippen LogP contribution in [0.4, 0.5) is 4.79 Å². The second-order valence-electron chi connectivity index (χ2n) is 4.03. The molecular formula is C10H16N2OS. The van der Waals surface area contributed by atoms with Crippen molar-refractivity contribution in [2.75, 3.05) is 6.54 Å². The molecule has 0 aliphatic heterocycles. The van der Waals surface area contributed by atoms with Gasteiger partial charge in [0.05, 0.1) is 0 Å². The van der Waals surface area contributed by atoms with Crippen molar-refractivity contribution in [1.29, 1.82) is 0 Å². The summed E-state index contributed by atoms with van der Waals surface area (Å²) in [5.74, 6) is 0. The third-order valence-corrected chi connectivity index (χ3v) is 3.56. The van der Waals surface area contributed by atoms with Crippen LogP contribution in [0, 0.1) is 6.92 Å². The summed E-state index contributed by atoms with van der Waals surface area (Å²) in [5.41, 5.74) is 6.27. The molecule has 0 saturated carbocycles. The molecule has 3 N–H and O–H groups in total. The van der Waals surface area contributed by atoms with Gasteiger partial charge in [-0.1, -0.05) is 13.8 Å². The van der Waals surface area contributed by atoms with Gasteiger partial charge in [-0.2, -0.15) is 0 Å². The van der Waals surface area contributed by atoms with Crippen LogP contribution in [-0.2, 0) is 5.41 Å². The molecule has 0 aliphatic rings. The van der Waals surface area contributed by atoms with Gasteiger partial charge in [-0.05, 0) is 23.9 Å². The SMILES string of the molecule is Cc1ccsc1C(C)(C)CNC(N)=O. The van der Waals surface area contributed by atoms with Crippen LogP contribution in [-0.4, -0.2) is 12.6 Å². The molecular weight excluding hydrogens is 196 g/mol. The van der Waals surface area contributed by atoms with Gasteiger partial charge in [-0.15, -0.1) is 11.3 Å². The molecule has 0 atom stereocenters. The molecule has 14 heavy (non-hydrogen) atoms. The van der Waals surface area contributed by atoms with E-state index in [1.165, 1.54) is 10.4 Å². The van der Waals surface area contributed by atoms with Gasteiger partial charge in [0.15, 0.2) is 0 Å². The van der Waals surface area contributed by atoms with Crippen LogP contribution in [0.1, 0.15) is 24.3 Å². The number of nitrogens with one attached hydrogen (secondary N) is 1. The third-order valence-electron chi connectivity index (χ3n) is 2.18. The maximum Gasteiger partial charge on any atom is 0.312 e. The number of hydrogen-bond acceptors (Lipinski definition) is 2. The van der Waals surface area contributed by atoms with E-state index in [2.05, 4.69) is 37.5 Å². The Morgan fingerprint density at radius 1 is 1.64 bits per heavy atom. The van der Waals surface area contributed by atoms with Crippen LogP contribution in [0.3, 0.4) is 0 Å². The molecule has 0 aromatic carbocycles. The molecule has 0 saturated heterocycles. The number of aryl methyl sites for hydroxylation is 1. The van der Waals surface area contributed by atoms with E-state index in [0.29, 0.717) is 6.54 Å². The average Bonchev–Trinajstić information content (AvgIpc) is 2.48. The molecule has 4 heteroatoms. The molecule has 0 spiro atoms. The van der Waals surface area contributed by atoms with Crippen LogP contribution in [0.2, 0.25) is 0 Å². The van der Waals surface area contributed by atoms with Crippen LogP contribution >= 0.6 is 11.3 Å². The fourth-order valence-corrected chi connectivity index (χ4v) is 2.51. The Morgan fingerprint density at radius 2 is 2.29 bits per heavy atom. The summed E-state index contributed by atoms with van der Waals surface area (Å²) in [4.78, 5) is 11.9. The average molecular weight is 212 g/mol. The fraction of sp³-hybridized carbons (Fsp3) is 0.500. The Labute approximate surface area is 88.3 Å². The minimum absolute atomic E-state index is 0.0483. The highest BCUT2D eigenvalue weighted by molar-refractivity contribution is 7.10. The van der Waals surface area contributed by atoms with Crippen molar-refractivity contribution in [3.8, 4) is 0 Å². The Balaban J connectivity index is 2.75. The number of thiophene rings is 1. The van der Waals surface area contributed by atoms with Crippen LogP contribution in [0.5, 0.6) is 0 Å². The highest BCUT2D eigenvalue weighted by Gasteiger charge is 2.23. The van der Waals surface area contributed by atoms with Crippen LogP contribution in [0.15, 0.2) is 11.4 Å². The largest absolute Gasteiger partial charge is 0.352 e. The summed E-state index contributed by atoms with van der Waals surface area (Å²) in [6, 6.07) is 1.62. The van der Waals surface area contributed by atoms with Gasteiger partial charge in [-0.3, -0.25) is 0 Å². The van der Waals surface area contributed by atoms with Crippen molar-refractivity contribution in [2.45, 2.75) is 26.2 Å². The fourth-order valence-electron chi connectivity index (χ4n) is 1.45. The number of carbonyl (C=O) groups is 1. The van der Waals surface area contributed by atoms with E-state index in [-0.39, 0.29) is 5.41 Å². The van der Waals surface area contributed by atoms with Crippen molar-refractivity contribution in [1.82, 2.24) is 5.32 Å². The monoisotopic (exact) mass is 212 g/mol. The summed E-state index contributed by atoms with van der Waals surface area (Å²) in [6.07, 6.45) is 0. The minimum atomic E-state index is -0.465. The van der Waals surface area contributed by atoms with Gasteiger partial charge in [0.2, 0.25) is 0 Å². The highest BCUT2D eigenvalue weighted by atomic mass is 32.1. The summed E-state index contributed by atoms with van der Waals surface area (Å²) < 4.78 is 0. The standard InChI is InChI=1S/C10H16N2OS/c1-7-4-5-14-8(7)10(2,3)6-12-9(11)13/h4-5H,6H2,1-3H3,(H3,11,12,13). The van der Waals surface area contributed by atoms with Gasteiger partial charge < -0.3 is 11.1 Å². The van der Waals surface area contributed by atoms with E-state index >= 15 is 0 Å². The smallest absolute Gasteiger partial charge is 0.312 e. The molecule has 1 heterocycles. The first-order chi connectivity index (χ1) is 6.43. The zero-order valence-electron chi connectivity index (χ0n) is 8.76. The number of rotatable bonds is 3. The Bertz CT molecular complexity index is 331. The molecule has 1 rings (SSSR count). The number of nitrogens with two attached hydrogens (primary N) is 1. The number of hydrogen-bond donors (Lipinski definition) is 2. The van der Waals surface area contributed by atoms with Gasteiger partial charge in [0.1, 0.15) is 0 Å². The Morgan fingerprint density at radius 3 is 2.71 bits per heavy atom. The molecule has 3 nitrogen and oxygen atoms in total. The second-order valence-corrected chi connectivity index (χ2v) is 4.95. The lowest BCUT2D eigenvalue weighted by molar-refractivity contribution is 0.246. The Kier molecular flexibility index (Phi) is 3.16. The first kappa shape index (κ1) is 11.0. The molecule has 78 valence electrons. The number of urea groups is 1. The van der Waals surface area contributed by atoms with E-state index in [0.717, 1.165) is 0 Å². The zero-order valence-corrected chi connectivity index (χ0v) is 9.57. The van der Waals surface area contributed by atoms with E-state index in [9.17, 15) is 4.79 Å². The van der Waals surface area contributed by atoms with Crippen molar-refractivity contribution >= 4 is 17.4 Å². The quantitative estimate of drug-likeness (QED) is 0.791. The molecule has 0 radical (unpaired) electrons. The first-order valence-corrected chi connectivity index (χ1v) is 5.39. The van der Waals surface area contributed by atoms with Gasteiger partial charge in [-0.25, -0.2) is 4.79 Å². The lowest BCUT2D eigenvalue weighted by Crippen LogP contribution is -2.39. The van der Waals surface area contributed by atoms with E-state index in [4.69, 9.17) is 5.73 Å². The van der Waals surface area contributed by atoms with E-state index in [1.807, 2.05) is 0 Å². The summed E-state index contributed by atoms with van der Waals surface area (Å²) in [5, 5.41) is 4.71. The number of amides is 2. The van der Waals surface area contributed by atoms with Gasteiger partial charge >= 0.3 is 6.03 Å². The summed E-state index contributed by atoms with van der Waals surface area (Å²) in [7, 11) is 0. The minimum Gasteiger partial charge on any atom is -0.352 e. The molecule has 1 aromatic rings. The normalized spacial score (nSPS) is 11.4. The van der Waals surface area contributed by atoms with Crippen LogP contribution in [0.25, 0.3) is 0 Å². The number of primary amides is 1. The highest BCUT2D eigenvalue weighted by Crippen LogP contribution is 2.30. The lowest BCUT2D eigenvalue weighted by atomic mass is 9.89. The second kappa shape index (κ2) is 4.00. The molecule has 0 bridgehead atoms. The van der Waals surface area contributed by atoms with E-state index in [1.54, 1.807) is 11.3 Å². The van der Waals surface area contributed by atoms with Crippen molar-refractivity contribution in [3.05, 3.63) is 21.9 Å². The molecule has 0 fully saturated rings. The zero-order chi connectivity index (χ0) is 10.8. The van der Waals surface area contributed by atoms with Crippen LogP contribution < -0.4 is 11.1 Å². The molecule has 1 aromatic heterocycles. The molecule has 2 amide bonds. The maximum absolute atomic E-state index is 10.6. The van der Waals surface area contributed by atoms with E-state index < -0.39 is 6.03 Å². The Hall–Kier alpha value is -1.03. The maximum atomic E-state index is 10.6. The predicted molar refractivity (Wildman–Crippen MR) is 59.7 cm³/mol. The third kappa shape index (κ3) is 2.48. The predicted octanol–water partition coefficient (Wildman–Crippen LogP) is 2.00. The van der Waals surface area contributed by atoms with Crippen molar-refractivity contribution in [3.63, 3.8) is 0 Å². The van der Waals surface area contributed by atoms with Gasteiger partial charge in [0.25, 0.3) is 0 Å². The van der Waals surface area contributed by atoms with Crippen molar-refractivity contribution < 1.29 is 4.79 Å². The van der Waals surface area contributed by atoms with Gasteiger partial charge in [0, 0.05) is 16.8 Å². The molecule has 0 unspecified atom stereocenters. The first-order valence-electron chi connectivity index (χ1n) is 4.51. The summed E-state index contributed by atoms with van der Waals surface area (Å²) in [6.45, 7) is 6.85. The van der Waals surface area contributed by atoms with Crippen molar-refractivity contribution in [2.24, 2.45) is 5.73 Å².